The number of aromatic carboxylic acids is 1. The Labute approximate surface area is 163 Å². The largest absolute Gasteiger partial charge is 0.507 e. The van der Waals surface area contributed by atoms with Crippen LogP contribution in [0.1, 0.15) is 15.4 Å². The summed E-state index contributed by atoms with van der Waals surface area (Å²) in [4.78, 5) is 19.7. The van der Waals surface area contributed by atoms with E-state index in [9.17, 15) is 9.90 Å². The first kappa shape index (κ1) is 18.5. The Morgan fingerprint density at radius 2 is 2.00 bits per heavy atom. The van der Waals surface area contributed by atoms with Crippen molar-refractivity contribution in [1.29, 1.82) is 5.41 Å². The standard InChI is InChI=1S/C19H12ClN3O3S/c20-13-3-1-11(2-4-13)16-10-27-18(23-16)12(8-21)9-22-14-5-6-17(24)15(7-14)19(25)26/h1-7,9-10,21,24H,(H,25,26). The average molecular weight is 398 g/mol. The number of rotatable bonds is 5. The van der Waals surface area contributed by atoms with E-state index in [0.29, 0.717) is 21.3 Å². The minimum Gasteiger partial charge on any atom is -0.507 e. The Kier molecular flexibility index (Phi) is 5.47. The molecule has 0 saturated carbocycles. The molecule has 0 aliphatic heterocycles. The SMILES string of the molecule is N=C=C(C=Nc1ccc(O)c(C(=O)O)c1)c1nc(-c2ccc(Cl)cc2)cs1. The zero-order valence-corrected chi connectivity index (χ0v) is 15.3. The van der Waals surface area contributed by atoms with Gasteiger partial charge < -0.3 is 10.2 Å². The second-order valence-electron chi connectivity index (χ2n) is 5.35. The van der Waals surface area contributed by atoms with E-state index in [0.717, 1.165) is 11.3 Å². The van der Waals surface area contributed by atoms with Gasteiger partial charge in [0.1, 0.15) is 16.3 Å². The van der Waals surface area contributed by atoms with Crippen LogP contribution >= 0.6 is 22.9 Å². The number of aromatic hydroxyl groups is 1. The maximum Gasteiger partial charge on any atom is 0.339 e. The van der Waals surface area contributed by atoms with Gasteiger partial charge in [-0.25, -0.2) is 9.78 Å². The average Bonchev–Trinajstić information content (AvgIpc) is 3.14. The van der Waals surface area contributed by atoms with Crippen molar-refractivity contribution in [2.24, 2.45) is 4.99 Å². The molecule has 6 nitrogen and oxygen atoms in total. The lowest BCUT2D eigenvalue weighted by Crippen LogP contribution is -1.96. The molecule has 2 aromatic carbocycles. The van der Waals surface area contributed by atoms with Crippen LogP contribution in [0.25, 0.3) is 16.8 Å². The highest BCUT2D eigenvalue weighted by atomic mass is 35.5. The van der Waals surface area contributed by atoms with Gasteiger partial charge in [-0.2, -0.15) is 0 Å². The molecule has 0 atom stereocenters. The van der Waals surface area contributed by atoms with E-state index >= 15 is 0 Å². The van der Waals surface area contributed by atoms with E-state index in [1.165, 1.54) is 35.8 Å². The number of nitrogens with one attached hydrogen (secondary N) is 1. The molecule has 0 aliphatic rings. The number of nitrogens with zero attached hydrogens (tertiary/aromatic N) is 2. The zero-order valence-electron chi connectivity index (χ0n) is 13.7. The van der Waals surface area contributed by atoms with Crippen LogP contribution in [0.4, 0.5) is 5.69 Å². The Balaban J connectivity index is 1.85. The summed E-state index contributed by atoms with van der Waals surface area (Å²) in [5, 5.41) is 29.1. The van der Waals surface area contributed by atoms with E-state index in [1.54, 1.807) is 12.1 Å². The molecular formula is C19H12ClN3O3S. The normalized spacial score (nSPS) is 10.7. The molecular weight excluding hydrogens is 386 g/mol. The topological polar surface area (TPSA) is 107 Å². The van der Waals surface area contributed by atoms with Crippen LogP contribution in [-0.4, -0.2) is 33.3 Å². The van der Waals surface area contributed by atoms with Gasteiger partial charge in [-0.15, -0.1) is 11.3 Å². The van der Waals surface area contributed by atoms with Crippen LogP contribution in [0.5, 0.6) is 5.75 Å². The fourth-order valence-corrected chi connectivity index (χ4v) is 3.13. The van der Waals surface area contributed by atoms with Crippen LogP contribution in [0.15, 0.2) is 52.8 Å². The third kappa shape index (κ3) is 4.30. The van der Waals surface area contributed by atoms with E-state index < -0.39 is 5.97 Å². The summed E-state index contributed by atoms with van der Waals surface area (Å²) in [7, 11) is 0. The van der Waals surface area contributed by atoms with Crippen LogP contribution in [0, 0.1) is 5.41 Å². The molecule has 1 heterocycles. The lowest BCUT2D eigenvalue weighted by atomic mass is 10.2. The van der Waals surface area contributed by atoms with Gasteiger partial charge in [-0.1, -0.05) is 23.7 Å². The van der Waals surface area contributed by atoms with Crippen LogP contribution in [-0.2, 0) is 0 Å². The number of allylic oxidation sites excluding steroid dienone is 1. The number of benzene rings is 2. The number of phenols is 1. The van der Waals surface area contributed by atoms with E-state index in [1.807, 2.05) is 17.5 Å². The molecule has 27 heavy (non-hydrogen) atoms. The number of aliphatic imine (C=N–C) groups is 1. The van der Waals surface area contributed by atoms with Gasteiger partial charge in [0.05, 0.1) is 17.0 Å². The molecule has 0 radical (unpaired) electrons. The molecule has 3 N–H and O–H groups in total. The molecule has 3 rings (SSSR count). The van der Waals surface area contributed by atoms with Crippen molar-refractivity contribution in [3.63, 3.8) is 0 Å². The predicted octanol–water partition coefficient (Wildman–Crippen LogP) is 4.90. The number of hydrogen-bond donors (Lipinski definition) is 3. The van der Waals surface area contributed by atoms with Crippen LogP contribution < -0.4 is 0 Å². The molecule has 134 valence electrons. The number of hydrogen-bond acceptors (Lipinski definition) is 6. The molecule has 3 aromatic rings. The highest BCUT2D eigenvalue weighted by molar-refractivity contribution is 7.11. The molecule has 0 bridgehead atoms. The summed E-state index contributed by atoms with van der Waals surface area (Å²) in [6.07, 6.45) is 1.38. The molecule has 0 spiro atoms. The highest BCUT2D eigenvalue weighted by Gasteiger charge is 2.11. The van der Waals surface area contributed by atoms with E-state index in [4.69, 9.17) is 22.1 Å². The Morgan fingerprint density at radius 1 is 1.26 bits per heavy atom. The Bertz CT molecular complexity index is 1080. The highest BCUT2D eigenvalue weighted by Crippen LogP contribution is 2.27. The second kappa shape index (κ2) is 7.97. The number of carbonyl (C=O) groups is 1. The first-order valence-electron chi connectivity index (χ1n) is 7.60. The predicted molar refractivity (Wildman–Crippen MR) is 107 cm³/mol. The molecule has 0 unspecified atom stereocenters. The minimum atomic E-state index is -1.25. The van der Waals surface area contributed by atoms with Crippen molar-refractivity contribution in [2.45, 2.75) is 0 Å². The number of carboxylic acid groups (broad SMARTS) is 1. The van der Waals surface area contributed by atoms with Crippen molar-refractivity contribution in [3.8, 4) is 17.0 Å². The van der Waals surface area contributed by atoms with Gasteiger partial charge >= 0.3 is 5.97 Å². The monoisotopic (exact) mass is 397 g/mol. The van der Waals surface area contributed by atoms with Gasteiger partial charge in [-0.05, 0) is 36.2 Å². The summed E-state index contributed by atoms with van der Waals surface area (Å²) >= 11 is 7.23. The first-order chi connectivity index (χ1) is 13.0. The Hall–Kier alpha value is -3.25. The van der Waals surface area contributed by atoms with E-state index in [2.05, 4.69) is 15.8 Å². The summed E-state index contributed by atoms with van der Waals surface area (Å²) in [5.41, 5.74) is 2.07. The van der Waals surface area contributed by atoms with Crippen molar-refractivity contribution in [3.05, 3.63) is 63.4 Å². The molecule has 0 amide bonds. The number of carboxylic acids is 1. The maximum atomic E-state index is 11.1. The van der Waals surface area contributed by atoms with E-state index in [-0.39, 0.29) is 11.3 Å². The summed E-state index contributed by atoms with van der Waals surface area (Å²) < 4.78 is 0. The summed E-state index contributed by atoms with van der Waals surface area (Å²) in [6.45, 7) is 0. The van der Waals surface area contributed by atoms with Gasteiger partial charge in [0, 0.05) is 22.2 Å². The van der Waals surface area contributed by atoms with Gasteiger partial charge in [0.15, 0.2) is 0 Å². The summed E-state index contributed by atoms with van der Waals surface area (Å²) in [6, 6.07) is 11.2. The minimum absolute atomic E-state index is 0.246. The van der Waals surface area contributed by atoms with Crippen LogP contribution in [0.3, 0.4) is 0 Å². The molecule has 0 fully saturated rings. The fourth-order valence-electron chi connectivity index (χ4n) is 2.21. The maximum absolute atomic E-state index is 11.1. The smallest absolute Gasteiger partial charge is 0.339 e. The van der Waals surface area contributed by atoms with Gasteiger partial charge in [0.2, 0.25) is 0 Å². The number of aromatic nitrogens is 1. The third-order valence-corrected chi connectivity index (χ3v) is 4.69. The van der Waals surface area contributed by atoms with Crippen LogP contribution in [0.2, 0.25) is 5.02 Å². The Morgan fingerprint density at radius 3 is 2.67 bits per heavy atom. The van der Waals surface area contributed by atoms with Gasteiger partial charge in [-0.3, -0.25) is 10.4 Å². The molecule has 8 heteroatoms. The fraction of sp³-hybridized carbons (Fsp3) is 0. The second-order valence-corrected chi connectivity index (χ2v) is 6.64. The molecule has 1 aromatic heterocycles. The van der Waals surface area contributed by atoms with Gasteiger partial charge in [0.25, 0.3) is 0 Å². The lowest BCUT2D eigenvalue weighted by molar-refractivity contribution is 0.0694. The molecule has 0 saturated heterocycles. The zero-order chi connectivity index (χ0) is 19.4. The first-order valence-corrected chi connectivity index (χ1v) is 8.85. The van der Waals surface area contributed by atoms with Crippen molar-refractivity contribution >= 4 is 52.3 Å². The number of thiazole rings is 1. The molecule has 0 aliphatic carbocycles. The van der Waals surface area contributed by atoms with Crippen molar-refractivity contribution in [2.75, 3.05) is 0 Å². The van der Waals surface area contributed by atoms with Crippen molar-refractivity contribution < 1.29 is 15.0 Å². The quantitative estimate of drug-likeness (QED) is 0.532. The van der Waals surface area contributed by atoms with Crippen molar-refractivity contribution in [1.82, 2.24) is 4.98 Å². The lowest BCUT2D eigenvalue weighted by Gasteiger charge is -2.00. The summed E-state index contributed by atoms with van der Waals surface area (Å²) in [5.74, 6) is 0.703. The number of halogens is 1. The third-order valence-electron chi connectivity index (χ3n) is 3.56.